The molecule has 0 saturated carbocycles. The van der Waals surface area contributed by atoms with Crippen LogP contribution in [0.15, 0.2) is 65.8 Å². The predicted molar refractivity (Wildman–Crippen MR) is 85.2 cm³/mol. The standard InChI is InChI=1S/C18H17NO2/c1-14-8-6-7-11-17(14)18(20)21-19-15(2)12-13-16-9-4-3-5-10-16/h3-13H,1-2H3/b13-12+,19-15-. The van der Waals surface area contributed by atoms with Crippen molar-refractivity contribution in [3.8, 4) is 0 Å². The van der Waals surface area contributed by atoms with Crippen molar-refractivity contribution in [3.05, 3.63) is 77.4 Å². The topological polar surface area (TPSA) is 38.7 Å². The Labute approximate surface area is 124 Å². The second kappa shape index (κ2) is 7.20. The van der Waals surface area contributed by atoms with Crippen molar-refractivity contribution in [3.63, 3.8) is 0 Å². The van der Waals surface area contributed by atoms with E-state index in [4.69, 9.17) is 4.84 Å². The van der Waals surface area contributed by atoms with E-state index in [1.807, 2.05) is 55.5 Å². The zero-order valence-corrected chi connectivity index (χ0v) is 12.1. The molecule has 0 atom stereocenters. The Hall–Kier alpha value is -2.68. The fraction of sp³-hybridized carbons (Fsp3) is 0.111. The number of benzene rings is 2. The molecule has 0 aromatic heterocycles. The number of nitrogens with zero attached hydrogens (tertiary/aromatic N) is 1. The monoisotopic (exact) mass is 279 g/mol. The van der Waals surface area contributed by atoms with Gasteiger partial charge in [-0.25, -0.2) is 4.79 Å². The van der Waals surface area contributed by atoms with Crippen molar-refractivity contribution < 1.29 is 9.63 Å². The van der Waals surface area contributed by atoms with Crippen LogP contribution in [0.1, 0.15) is 28.4 Å². The number of oxime groups is 1. The Bertz CT molecular complexity index is 673. The summed E-state index contributed by atoms with van der Waals surface area (Å²) in [5.74, 6) is -0.444. The van der Waals surface area contributed by atoms with E-state index in [1.165, 1.54) is 0 Å². The second-order valence-electron chi connectivity index (χ2n) is 4.67. The van der Waals surface area contributed by atoms with Crippen molar-refractivity contribution in [2.45, 2.75) is 13.8 Å². The molecule has 0 radical (unpaired) electrons. The number of carbonyl (C=O) groups excluding carboxylic acids is 1. The highest BCUT2D eigenvalue weighted by molar-refractivity contribution is 5.97. The van der Waals surface area contributed by atoms with Gasteiger partial charge in [-0.1, -0.05) is 59.8 Å². The molecule has 2 aromatic rings. The molecular weight excluding hydrogens is 262 g/mol. The maximum atomic E-state index is 11.9. The number of carbonyl (C=O) groups is 1. The molecule has 0 aliphatic heterocycles. The van der Waals surface area contributed by atoms with Crippen LogP contribution in [0.3, 0.4) is 0 Å². The smallest absolute Gasteiger partial charge is 0.313 e. The fourth-order valence-corrected chi connectivity index (χ4v) is 1.78. The molecule has 0 N–H and O–H groups in total. The number of allylic oxidation sites excluding steroid dienone is 1. The van der Waals surface area contributed by atoms with Gasteiger partial charge < -0.3 is 4.84 Å². The molecule has 3 nitrogen and oxygen atoms in total. The number of hydrogen-bond donors (Lipinski definition) is 0. The number of aryl methyl sites for hydroxylation is 1. The maximum absolute atomic E-state index is 11.9. The van der Waals surface area contributed by atoms with E-state index in [9.17, 15) is 4.79 Å². The Morgan fingerprint density at radius 3 is 2.43 bits per heavy atom. The molecule has 3 heteroatoms. The van der Waals surface area contributed by atoms with Gasteiger partial charge in [0.2, 0.25) is 0 Å². The van der Waals surface area contributed by atoms with Crippen LogP contribution in [0.4, 0.5) is 0 Å². The van der Waals surface area contributed by atoms with E-state index < -0.39 is 5.97 Å². The van der Waals surface area contributed by atoms with Crippen LogP contribution in [0.25, 0.3) is 6.08 Å². The van der Waals surface area contributed by atoms with Gasteiger partial charge in [-0.15, -0.1) is 0 Å². The lowest BCUT2D eigenvalue weighted by atomic mass is 10.1. The minimum absolute atomic E-state index is 0.444. The van der Waals surface area contributed by atoms with Crippen molar-refractivity contribution in [2.24, 2.45) is 5.16 Å². The predicted octanol–water partition coefficient (Wildman–Crippen LogP) is 4.24. The summed E-state index contributed by atoms with van der Waals surface area (Å²) in [4.78, 5) is 16.8. The summed E-state index contributed by atoms with van der Waals surface area (Å²) in [5, 5.41) is 3.84. The van der Waals surface area contributed by atoms with E-state index in [-0.39, 0.29) is 0 Å². The van der Waals surface area contributed by atoms with Gasteiger partial charge in [-0.2, -0.15) is 0 Å². The normalized spacial score (nSPS) is 11.6. The first-order valence-corrected chi connectivity index (χ1v) is 6.71. The van der Waals surface area contributed by atoms with Crippen LogP contribution in [0.5, 0.6) is 0 Å². The van der Waals surface area contributed by atoms with E-state index in [1.54, 1.807) is 25.1 Å². The third-order valence-electron chi connectivity index (χ3n) is 2.95. The molecule has 0 fully saturated rings. The number of rotatable bonds is 4. The number of hydrogen-bond acceptors (Lipinski definition) is 3. The Morgan fingerprint density at radius 2 is 1.71 bits per heavy atom. The average molecular weight is 279 g/mol. The fourth-order valence-electron chi connectivity index (χ4n) is 1.78. The zero-order chi connectivity index (χ0) is 15.1. The summed E-state index contributed by atoms with van der Waals surface area (Å²) in [6, 6.07) is 17.1. The van der Waals surface area contributed by atoms with Gasteiger partial charge in [0.25, 0.3) is 0 Å². The van der Waals surface area contributed by atoms with Crippen molar-refractivity contribution in [1.82, 2.24) is 0 Å². The Balaban J connectivity index is 1.99. The molecule has 106 valence electrons. The Morgan fingerprint density at radius 1 is 1.05 bits per heavy atom. The van der Waals surface area contributed by atoms with Gasteiger partial charge >= 0.3 is 5.97 Å². The highest BCUT2D eigenvalue weighted by atomic mass is 16.7. The van der Waals surface area contributed by atoms with Gasteiger partial charge in [0.05, 0.1) is 11.3 Å². The highest BCUT2D eigenvalue weighted by Gasteiger charge is 2.09. The summed E-state index contributed by atoms with van der Waals surface area (Å²) in [5.41, 5.74) is 3.09. The van der Waals surface area contributed by atoms with Gasteiger partial charge in [0.15, 0.2) is 0 Å². The van der Waals surface area contributed by atoms with Crippen LogP contribution >= 0.6 is 0 Å². The van der Waals surface area contributed by atoms with Crippen LogP contribution in [-0.4, -0.2) is 11.7 Å². The Kier molecular flexibility index (Phi) is 5.04. The molecule has 0 aliphatic carbocycles. The minimum Gasteiger partial charge on any atom is -0.313 e. The molecule has 2 aromatic carbocycles. The second-order valence-corrected chi connectivity index (χ2v) is 4.67. The molecular formula is C18H17NO2. The third-order valence-corrected chi connectivity index (χ3v) is 2.95. The molecule has 0 spiro atoms. The third kappa shape index (κ3) is 4.42. The minimum atomic E-state index is -0.444. The van der Waals surface area contributed by atoms with Gasteiger partial charge in [0.1, 0.15) is 0 Å². The van der Waals surface area contributed by atoms with E-state index in [0.717, 1.165) is 11.1 Å². The molecule has 0 bridgehead atoms. The SMILES string of the molecule is CC(/C=C/c1ccccc1)=N/OC(=O)c1ccccc1C. The van der Waals surface area contributed by atoms with Gasteiger partial charge in [0, 0.05) is 0 Å². The first-order chi connectivity index (χ1) is 10.2. The van der Waals surface area contributed by atoms with Gasteiger partial charge in [-0.3, -0.25) is 0 Å². The summed E-state index contributed by atoms with van der Waals surface area (Å²) in [7, 11) is 0. The average Bonchev–Trinajstić information content (AvgIpc) is 2.52. The molecule has 0 amide bonds. The lowest BCUT2D eigenvalue weighted by molar-refractivity contribution is 0.0515. The van der Waals surface area contributed by atoms with Crippen LogP contribution in [0.2, 0.25) is 0 Å². The lowest BCUT2D eigenvalue weighted by Gasteiger charge is -2.01. The summed E-state index contributed by atoms with van der Waals surface area (Å²) >= 11 is 0. The van der Waals surface area contributed by atoms with Crippen molar-refractivity contribution in [2.75, 3.05) is 0 Å². The maximum Gasteiger partial charge on any atom is 0.365 e. The quantitative estimate of drug-likeness (QED) is 0.477. The van der Waals surface area contributed by atoms with E-state index in [2.05, 4.69) is 5.16 Å². The summed E-state index contributed by atoms with van der Waals surface area (Å²) in [6.07, 6.45) is 3.72. The van der Waals surface area contributed by atoms with Gasteiger partial charge in [-0.05, 0) is 37.1 Å². The van der Waals surface area contributed by atoms with Crippen LogP contribution in [0, 0.1) is 6.92 Å². The molecule has 0 unspecified atom stereocenters. The van der Waals surface area contributed by atoms with E-state index in [0.29, 0.717) is 11.3 Å². The first-order valence-electron chi connectivity index (χ1n) is 6.71. The highest BCUT2D eigenvalue weighted by Crippen LogP contribution is 2.09. The molecule has 0 saturated heterocycles. The first kappa shape index (κ1) is 14.7. The lowest BCUT2D eigenvalue weighted by Crippen LogP contribution is -2.04. The summed E-state index contributed by atoms with van der Waals surface area (Å²) in [6.45, 7) is 3.65. The van der Waals surface area contributed by atoms with Crippen LogP contribution < -0.4 is 0 Å². The zero-order valence-electron chi connectivity index (χ0n) is 12.1. The largest absolute Gasteiger partial charge is 0.365 e. The molecule has 21 heavy (non-hydrogen) atoms. The molecule has 0 heterocycles. The van der Waals surface area contributed by atoms with Crippen molar-refractivity contribution >= 4 is 17.8 Å². The molecule has 0 aliphatic rings. The van der Waals surface area contributed by atoms with E-state index >= 15 is 0 Å². The van der Waals surface area contributed by atoms with Crippen LogP contribution in [-0.2, 0) is 4.84 Å². The summed E-state index contributed by atoms with van der Waals surface area (Å²) < 4.78 is 0. The molecule has 2 rings (SSSR count). The van der Waals surface area contributed by atoms with Crippen molar-refractivity contribution in [1.29, 1.82) is 0 Å².